The fourth-order valence-electron chi connectivity index (χ4n) is 3.31. The molecular formula is C19H21N7O5. The van der Waals surface area contributed by atoms with Crippen LogP contribution in [0.25, 0.3) is 11.2 Å². The number of fused-ring (bicyclic) bond motifs is 1. The highest BCUT2D eigenvalue weighted by atomic mass is 16.6. The van der Waals surface area contributed by atoms with Gasteiger partial charge in [0.15, 0.2) is 23.2 Å². The van der Waals surface area contributed by atoms with Crippen LogP contribution in [-0.2, 0) is 4.74 Å². The van der Waals surface area contributed by atoms with Crippen molar-refractivity contribution in [3.05, 3.63) is 48.5 Å². The molecule has 12 nitrogen and oxygen atoms in total. The second-order valence-electron chi connectivity index (χ2n) is 6.87. The van der Waals surface area contributed by atoms with Crippen LogP contribution in [0.15, 0.2) is 43.0 Å². The maximum Gasteiger partial charge on any atom is 0.314 e. The molecule has 0 radical (unpaired) electrons. The molecule has 3 aromatic rings. The summed E-state index contributed by atoms with van der Waals surface area (Å²) in [6, 6.07) is 8.21. The Morgan fingerprint density at radius 3 is 2.65 bits per heavy atom. The van der Waals surface area contributed by atoms with E-state index in [9.17, 15) is 19.8 Å². The number of aromatic nitrogens is 4. The molecule has 2 aromatic heterocycles. The summed E-state index contributed by atoms with van der Waals surface area (Å²) >= 11 is 0. The van der Waals surface area contributed by atoms with Gasteiger partial charge < -0.3 is 30.9 Å². The third-order valence-electron chi connectivity index (χ3n) is 4.93. The molecule has 162 valence electrons. The van der Waals surface area contributed by atoms with Crippen molar-refractivity contribution in [3.8, 4) is 0 Å². The number of anilines is 1. The van der Waals surface area contributed by atoms with E-state index in [4.69, 9.17) is 4.74 Å². The van der Waals surface area contributed by atoms with Crippen LogP contribution in [-0.4, -0.2) is 73.6 Å². The number of hydrogen-bond acceptors (Lipinski definition) is 8. The van der Waals surface area contributed by atoms with Gasteiger partial charge in [-0.05, 0) is 12.1 Å². The third kappa shape index (κ3) is 4.03. The summed E-state index contributed by atoms with van der Waals surface area (Å²) < 4.78 is 7.20. The molecular weight excluding hydrogens is 406 g/mol. The van der Waals surface area contributed by atoms with Crippen molar-refractivity contribution in [1.29, 1.82) is 0 Å². The first-order chi connectivity index (χ1) is 15.0. The van der Waals surface area contributed by atoms with Crippen LogP contribution in [0, 0.1) is 0 Å². The zero-order chi connectivity index (χ0) is 22.0. The molecule has 4 rings (SSSR count). The molecule has 0 aliphatic carbocycles. The normalized spacial score (nSPS) is 22.9. The highest BCUT2D eigenvalue weighted by Crippen LogP contribution is 2.32. The number of ether oxygens (including phenoxy) is 1. The molecule has 0 spiro atoms. The molecule has 1 saturated heterocycles. The predicted molar refractivity (Wildman–Crippen MR) is 108 cm³/mol. The van der Waals surface area contributed by atoms with Crippen molar-refractivity contribution in [3.63, 3.8) is 0 Å². The Hall–Kier alpha value is -3.61. The van der Waals surface area contributed by atoms with Gasteiger partial charge in [0, 0.05) is 19.2 Å². The Bertz CT molecular complexity index is 1090. The number of rotatable bonds is 5. The standard InChI is InChI=1S/C19H21N7O5/c1-20-19(30)21-7-11-13(27)14(28)18(31-11)26-9-24-12-15(22-8-23-16(12)26)25-17(29)10-5-3-2-4-6-10/h2-6,8-9,11,13-14,18,27-28H,7H2,1H3,(H2,20,21,30)(H,22,23,25,29)/t11-,13+,14?,18-/m1/s1. The minimum absolute atomic E-state index is 0.00556. The lowest BCUT2D eigenvalue weighted by Crippen LogP contribution is -2.42. The molecule has 12 heteroatoms. The van der Waals surface area contributed by atoms with E-state index in [0.717, 1.165) is 0 Å². The van der Waals surface area contributed by atoms with Crippen molar-refractivity contribution in [2.75, 3.05) is 18.9 Å². The largest absolute Gasteiger partial charge is 0.387 e. The molecule has 4 atom stereocenters. The van der Waals surface area contributed by atoms with Crippen LogP contribution in [0.1, 0.15) is 16.6 Å². The number of amides is 3. The van der Waals surface area contributed by atoms with E-state index in [1.54, 1.807) is 30.3 Å². The van der Waals surface area contributed by atoms with Gasteiger partial charge in [0.25, 0.3) is 5.91 Å². The molecule has 31 heavy (non-hydrogen) atoms. The number of aliphatic hydroxyl groups is 2. The van der Waals surface area contributed by atoms with E-state index in [1.165, 1.54) is 24.3 Å². The minimum Gasteiger partial charge on any atom is -0.387 e. The molecule has 1 aliphatic heterocycles. The molecule has 0 saturated carbocycles. The Morgan fingerprint density at radius 1 is 1.13 bits per heavy atom. The summed E-state index contributed by atoms with van der Waals surface area (Å²) in [5.74, 6) is -0.161. The van der Waals surface area contributed by atoms with Crippen LogP contribution >= 0.6 is 0 Å². The van der Waals surface area contributed by atoms with Crippen molar-refractivity contribution >= 4 is 28.9 Å². The van der Waals surface area contributed by atoms with Crippen molar-refractivity contribution in [2.24, 2.45) is 0 Å². The van der Waals surface area contributed by atoms with E-state index in [1.807, 2.05) is 0 Å². The molecule has 1 aliphatic rings. The summed E-state index contributed by atoms with van der Waals surface area (Å²) in [6.07, 6.45) is -1.72. The molecule has 0 bridgehead atoms. The van der Waals surface area contributed by atoms with Gasteiger partial charge in [0.05, 0.1) is 6.33 Å². The topological polar surface area (TPSA) is 164 Å². The lowest BCUT2D eigenvalue weighted by molar-refractivity contribution is -0.0335. The van der Waals surface area contributed by atoms with E-state index in [-0.39, 0.29) is 18.3 Å². The monoisotopic (exact) mass is 427 g/mol. The number of aliphatic hydroxyl groups excluding tert-OH is 2. The molecule has 1 aromatic carbocycles. The summed E-state index contributed by atoms with van der Waals surface area (Å²) in [4.78, 5) is 36.4. The van der Waals surface area contributed by atoms with Gasteiger partial charge in [-0.15, -0.1) is 0 Å². The fraction of sp³-hybridized carbons (Fsp3) is 0.316. The quantitative estimate of drug-likeness (QED) is 0.368. The SMILES string of the molecule is CNC(=O)NC[C@H]1O[C@@H](n2cnc3c(NC(=O)c4ccccc4)ncnc32)C(O)[C@H]1O. The van der Waals surface area contributed by atoms with Gasteiger partial charge in [-0.1, -0.05) is 18.2 Å². The van der Waals surface area contributed by atoms with Gasteiger partial charge in [0.2, 0.25) is 0 Å². The minimum atomic E-state index is -1.29. The van der Waals surface area contributed by atoms with Crippen molar-refractivity contribution in [2.45, 2.75) is 24.5 Å². The van der Waals surface area contributed by atoms with Crippen LogP contribution < -0.4 is 16.0 Å². The maximum absolute atomic E-state index is 12.5. The lowest BCUT2D eigenvalue weighted by atomic mass is 10.1. The average molecular weight is 427 g/mol. The van der Waals surface area contributed by atoms with E-state index >= 15 is 0 Å². The number of nitrogens with zero attached hydrogens (tertiary/aromatic N) is 4. The van der Waals surface area contributed by atoms with Crippen LogP contribution in [0.2, 0.25) is 0 Å². The second kappa shape index (κ2) is 8.63. The number of benzene rings is 1. The summed E-state index contributed by atoms with van der Waals surface area (Å²) in [5, 5.41) is 28.4. The first kappa shape index (κ1) is 20.7. The van der Waals surface area contributed by atoms with E-state index < -0.39 is 30.6 Å². The number of hydrogen-bond donors (Lipinski definition) is 5. The third-order valence-corrected chi connectivity index (χ3v) is 4.93. The van der Waals surface area contributed by atoms with Crippen LogP contribution in [0.3, 0.4) is 0 Å². The number of urea groups is 1. The van der Waals surface area contributed by atoms with Gasteiger partial charge in [-0.3, -0.25) is 9.36 Å². The zero-order valence-corrected chi connectivity index (χ0v) is 16.5. The average Bonchev–Trinajstić information content (AvgIpc) is 3.34. The van der Waals surface area contributed by atoms with Gasteiger partial charge >= 0.3 is 6.03 Å². The number of carbonyl (C=O) groups excluding carboxylic acids is 2. The molecule has 3 heterocycles. The number of nitrogens with one attached hydrogen (secondary N) is 3. The van der Waals surface area contributed by atoms with Gasteiger partial charge in [-0.25, -0.2) is 19.7 Å². The van der Waals surface area contributed by atoms with Crippen molar-refractivity contribution in [1.82, 2.24) is 30.2 Å². The predicted octanol–water partition coefficient (Wildman–Crippen LogP) is -0.373. The first-order valence-electron chi connectivity index (χ1n) is 9.50. The second-order valence-corrected chi connectivity index (χ2v) is 6.87. The van der Waals surface area contributed by atoms with Crippen LogP contribution in [0.5, 0.6) is 0 Å². The maximum atomic E-state index is 12.5. The van der Waals surface area contributed by atoms with Crippen molar-refractivity contribution < 1.29 is 24.5 Å². The van der Waals surface area contributed by atoms with E-state index in [2.05, 4.69) is 30.9 Å². The highest BCUT2D eigenvalue weighted by Gasteiger charge is 2.44. The van der Waals surface area contributed by atoms with Crippen LogP contribution in [0.4, 0.5) is 10.6 Å². The Kier molecular flexibility index (Phi) is 5.75. The van der Waals surface area contributed by atoms with Gasteiger partial charge in [-0.2, -0.15) is 0 Å². The summed E-state index contributed by atoms with van der Waals surface area (Å²) in [5.41, 5.74) is 1.05. The summed E-state index contributed by atoms with van der Waals surface area (Å²) in [6.45, 7) is -0.00556. The molecule has 3 amide bonds. The Balaban J connectivity index is 1.56. The smallest absolute Gasteiger partial charge is 0.314 e. The fourth-order valence-corrected chi connectivity index (χ4v) is 3.31. The van der Waals surface area contributed by atoms with E-state index in [0.29, 0.717) is 16.7 Å². The molecule has 5 N–H and O–H groups in total. The lowest BCUT2D eigenvalue weighted by Gasteiger charge is -2.16. The van der Waals surface area contributed by atoms with Gasteiger partial charge in [0.1, 0.15) is 24.6 Å². The highest BCUT2D eigenvalue weighted by molar-refractivity contribution is 6.06. The Morgan fingerprint density at radius 2 is 1.90 bits per heavy atom. The zero-order valence-electron chi connectivity index (χ0n) is 16.5. The first-order valence-corrected chi connectivity index (χ1v) is 9.50. The number of carbonyl (C=O) groups is 2. The molecule has 1 unspecified atom stereocenters. The molecule has 1 fully saturated rings. The Labute approximate surface area is 176 Å². The summed E-state index contributed by atoms with van der Waals surface area (Å²) in [7, 11) is 1.46. The number of imidazole rings is 1.